The zero-order valence-electron chi connectivity index (χ0n) is 18.1. The molecular weight excluding hydrogens is 398 g/mol. The summed E-state index contributed by atoms with van der Waals surface area (Å²) < 4.78 is 5.93. The van der Waals surface area contributed by atoms with Crippen molar-refractivity contribution in [2.45, 2.75) is 51.6 Å². The number of rotatable bonds is 7. The molecule has 8 nitrogen and oxygen atoms in total. The number of aliphatic carboxylic acids is 1. The van der Waals surface area contributed by atoms with Gasteiger partial charge < -0.3 is 25.4 Å². The molecule has 1 aliphatic carbocycles. The van der Waals surface area contributed by atoms with Crippen LogP contribution in [0.4, 0.5) is 4.79 Å². The molecule has 3 rings (SSSR count). The van der Waals surface area contributed by atoms with E-state index in [2.05, 4.69) is 17.6 Å². The van der Waals surface area contributed by atoms with E-state index in [9.17, 15) is 14.4 Å². The molecule has 2 fully saturated rings. The van der Waals surface area contributed by atoms with Gasteiger partial charge in [-0.05, 0) is 68.7 Å². The van der Waals surface area contributed by atoms with Gasteiger partial charge in [-0.25, -0.2) is 4.79 Å². The van der Waals surface area contributed by atoms with Gasteiger partial charge in [-0.2, -0.15) is 0 Å². The topological polar surface area (TPSA) is 108 Å². The van der Waals surface area contributed by atoms with E-state index in [1.165, 1.54) is 0 Å². The maximum Gasteiger partial charge on any atom is 0.317 e. The predicted octanol–water partition coefficient (Wildman–Crippen LogP) is 2.88. The SMILES string of the molecule is CC1CCN(C(=O)NCCNC(=O)c2ccc(OC3CCC(C(=O)O)CC3)cc2)CC1. The number of likely N-dealkylation sites (tertiary alicyclic amines) is 1. The van der Waals surface area contributed by atoms with Gasteiger partial charge in [0.25, 0.3) is 5.91 Å². The Morgan fingerprint density at radius 3 is 2.19 bits per heavy atom. The van der Waals surface area contributed by atoms with Crippen molar-refractivity contribution in [3.63, 3.8) is 0 Å². The Hall–Kier alpha value is -2.77. The van der Waals surface area contributed by atoms with Gasteiger partial charge in [0.15, 0.2) is 0 Å². The molecule has 1 saturated heterocycles. The van der Waals surface area contributed by atoms with Crippen molar-refractivity contribution in [1.29, 1.82) is 0 Å². The number of carbonyl (C=O) groups is 3. The molecule has 170 valence electrons. The van der Waals surface area contributed by atoms with Crippen molar-refractivity contribution in [2.24, 2.45) is 11.8 Å². The van der Waals surface area contributed by atoms with Gasteiger partial charge in [-0.15, -0.1) is 0 Å². The summed E-state index contributed by atoms with van der Waals surface area (Å²) in [5, 5.41) is 14.7. The Balaban J connectivity index is 1.34. The van der Waals surface area contributed by atoms with Crippen LogP contribution in [0, 0.1) is 11.8 Å². The lowest BCUT2D eigenvalue weighted by molar-refractivity contribution is -0.143. The molecule has 0 aromatic heterocycles. The van der Waals surface area contributed by atoms with Crippen molar-refractivity contribution >= 4 is 17.9 Å². The number of carboxylic acids is 1. The standard InChI is InChI=1S/C23H33N3O5/c1-16-10-14-26(15-11-16)23(30)25-13-12-24-21(27)17-2-6-19(7-3-17)31-20-8-4-18(5-9-20)22(28)29/h2-3,6-7,16,18,20H,4-5,8-15H2,1H3,(H,24,27)(H,25,30)(H,28,29). The number of benzene rings is 1. The van der Waals surface area contributed by atoms with E-state index in [0.29, 0.717) is 43.2 Å². The van der Waals surface area contributed by atoms with E-state index in [0.717, 1.165) is 38.8 Å². The van der Waals surface area contributed by atoms with E-state index in [1.54, 1.807) is 24.3 Å². The van der Waals surface area contributed by atoms with Gasteiger partial charge in [0.2, 0.25) is 0 Å². The number of nitrogens with zero attached hydrogens (tertiary/aromatic N) is 1. The van der Waals surface area contributed by atoms with Crippen LogP contribution >= 0.6 is 0 Å². The molecule has 0 unspecified atom stereocenters. The highest BCUT2D eigenvalue weighted by Gasteiger charge is 2.27. The van der Waals surface area contributed by atoms with Crippen LogP contribution in [-0.2, 0) is 4.79 Å². The quantitative estimate of drug-likeness (QED) is 0.576. The molecule has 1 aliphatic heterocycles. The van der Waals surface area contributed by atoms with E-state index < -0.39 is 5.97 Å². The Morgan fingerprint density at radius 1 is 0.968 bits per heavy atom. The molecule has 0 radical (unpaired) electrons. The van der Waals surface area contributed by atoms with Gasteiger partial charge in [0.1, 0.15) is 5.75 Å². The average molecular weight is 432 g/mol. The summed E-state index contributed by atoms with van der Waals surface area (Å²) in [4.78, 5) is 37.3. The van der Waals surface area contributed by atoms with Crippen LogP contribution in [0.1, 0.15) is 55.8 Å². The number of piperidine rings is 1. The number of nitrogens with one attached hydrogen (secondary N) is 2. The summed E-state index contributed by atoms with van der Waals surface area (Å²) in [6.07, 6.45) is 4.80. The number of ether oxygens (including phenoxy) is 1. The van der Waals surface area contributed by atoms with Crippen LogP contribution in [0.2, 0.25) is 0 Å². The Labute approximate surface area is 183 Å². The largest absolute Gasteiger partial charge is 0.490 e. The minimum absolute atomic E-state index is 0.0157. The summed E-state index contributed by atoms with van der Waals surface area (Å²) in [5.41, 5.74) is 0.526. The normalized spacial score (nSPS) is 21.9. The summed E-state index contributed by atoms with van der Waals surface area (Å²) in [6.45, 7) is 4.52. The Morgan fingerprint density at radius 2 is 1.58 bits per heavy atom. The Bertz CT molecular complexity index is 751. The molecule has 31 heavy (non-hydrogen) atoms. The van der Waals surface area contributed by atoms with Crippen molar-refractivity contribution in [3.05, 3.63) is 29.8 Å². The second-order valence-corrected chi connectivity index (χ2v) is 8.61. The summed E-state index contributed by atoms with van der Waals surface area (Å²) in [6, 6.07) is 6.87. The first-order valence-corrected chi connectivity index (χ1v) is 11.2. The molecule has 3 N–H and O–H groups in total. The minimum Gasteiger partial charge on any atom is -0.490 e. The third-order valence-electron chi connectivity index (χ3n) is 6.20. The summed E-state index contributed by atoms with van der Waals surface area (Å²) in [7, 11) is 0. The Kier molecular flexibility index (Phi) is 8.14. The lowest BCUT2D eigenvalue weighted by atomic mass is 9.87. The number of urea groups is 1. The molecule has 1 aromatic rings. The van der Waals surface area contributed by atoms with E-state index >= 15 is 0 Å². The lowest BCUT2D eigenvalue weighted by Crippen LogP contribution is -2.46. The maximum atomic E-state index is 12.3. The van der Waals surface area contributed by atoms with Crippen molar-refractivity contribution < 1.29 is 24.2 Å². The molecule has 0 spiro atoms. The zero-order chi connectivity index (χ0) is 22.2. The second-order valence-electron chi connectivity index (χ2n) is 8.61. The highest BCUT2D eigenvalue weighted by molar-refractivity contribution is 5.94. The first-order chi connectivity index (χ1) is 14.9. The molecule has 1 saturated carbocycles. The van der Waals surface area contributed by atoms with Crippen molar-refractivity contribution in [1.82, 2.24) is 15.5 Å². The zero-order valence-corrected chi connectivity index (χ0v) is 18.1. The van der Waals surface area contributed by atoms with Crippen LogP contribution in [0.3, 0.4) is 0 Å². The maximum absolute atomic E-state index is 12.3. The predicted molar refractivity (Wildman–Crippen MR) is 116 cm³/mol. The third-order valence-corrected chi connectivity index (χ3v) is 6.20. The minimum atomic E-state index is -0.727. The number of amides is 3. The highest BCUT2D eigenvalue weighted by atomic mass is 16.5. The van der Waals surface area contributed by atoms with Crippen LogP contribution < -0.4 is 15.4 Å². The van der Waals surface area contributed by atoms with Crippen molar-refractivity contribution in [2.75, 3.05) is 26.2 Å². The monoisotopic (exact) mass is 431 g/mol. The first-order valence-electron chi connectivity index (χ1n) is 11.2. The van der Waals surface area contributed by atoms with Crippen LogP contribution in [0.5, 0.6) is 5.75 Å². The van der Waals surface area contributed by atoms with E-state index in [1.807, 2.05) is 4.90 Å². The molecule has 3 amide bonds. The van der Waals surface area contributed by atoms with Crippen LogP contribution in [0.25, 0.3) is 0 Å². The van der Waals surface area contributed by atoms with E-state index in [4.69, 9.17) is 9.84 Å². The summed E-state index contributed by atoms with van der Waals surface area (Å²) >= 11 is 0. The van der Waals surface area contributed by atoms with Gasteiger partial charge in [-0.1, -0.05) is 6.92 Å². The molecule has 2 aliphatic rings. The average Bonchev–Trinajstić information content (AvgIpc) is 2.78. The van der Waals surface area contributed by atoms with Gasteiger partial charge in [0, 0.05) is 31.7 Å². The summed E-state index contributed by atoms with van der Waals surface area (Å²) in [5.74, 6) is 0.161. The molecule has 1 aromatic carbocycles. The second kappa shape index (κ2) is 11.0. The number of carboxylic acid groups (broad SMARTS) is 1. The van der Waals surface area contributed by atoms with Crippen molar-refractivity contribution in [3.8, 4) is 5.75 Å². The molecule has 1 heterocycles. The van der Waals surface area contributed by atoms with Crippen LogP contribution in [0.15, 0.2) is 24.3 Å². The number of carbonyl (C=O) groups excluding carboxylic acids is 2. The fraction of sp³-hybridized carbons (Fsp3) is 0.609. The third kappa shape index (κ3) is 6.87. The molecule has 0 atom stereocenters. The molecule has 0 bridgehead atoms. The molecule has 8 heteroatoms. The highest BCUT2D eigenvalue weighted by Crippen LogP contribution is 2.28. The fourth-order valence-electron chi connectivity index (χ4n) is 4.08. The van der Waals surface area contributed by atoms with Gasteiger partial charge in [0.05, 0.1) is 12.0 Å². The fourth-order valence-corrected chi connectivity index (χ4v) is 4.08. The van der Waals surface area contributed by atoms with Crippen LogP contribution in [-0.4, -0.2) is 60.2 Å². The lowest BCUT2D eigenvalue weighted by Gasteiger charge is -2.30. The van der Waals surface area contributed by atoms with Gasteiger partial charge >= 0.3 is 12.0 Å². The number of hydrogen-bond acceptors (Lipinski definition) is 4. The smallest absolute Gasteiger partial charge is 0.317 e. The van der Waals surface area contributed by atoms with Gasteiger partial charge in [-0.3, -0.25) is 9.59 Å². The molecular formula is C23H33N3O5. The number of hydrogen-bond donors (Lipinski definition) is 3. The first kappa shape index (κ1) is 22.9. The van der Waals surface area contributed by atoms with E-state index in [-0.39, 0.29) is 24.0 Å².